The lowest BCUT2D eigenvalue weighted by Gasteiger charge is -2.19. The van der Waals surface area contributed by atoms with Crippen LogP contribution in [0, 0.1) is 0 Å². The van der Waals surface area contributed by atoms with E-state index in [1.165, 1.54) is 0 Å². The van der Waals surface area contributed by atoms with Crippen LogP contribution >= 0.6 is 0 Å². The molecule has 1 unspecified atom stereocenters. The molecule has 0 aromatic rings. The summed E-state index contributed by atoms with van der Waals surface area (Å²) in [4.78, 5) is 0. The van der Waals surface area contributed by atoms with Gasteiger partial charge in [0.05, 0.1) is 6.42 Å². The second kappa shape index (κ2) is 7.97. The van der Waals surface area contributed by atoms with Gasteiger partial charge in [0, 0.05) is 6.04 Å². The fourth-order valence-electron chi connectivity index (χ4n) is 1.54. The minimum absolute atomic E-state index is 0.392. The molecule has 0 amide bonds. The monoisotopic (exact) mass is 225 g/mol. The Balaban J connectivity index is 3.84. The highest BCUT2D eigenvalue weighted by atomic mass is 19.4. The molecular formula is C11H22F3N. The molecule has 1 nitrogen and oxygen atoms in total. The average molecular weight is 225 g/mol. The van der Waals surface area contributed by atoms with Crippen LogP contribution in [0.5, 0.6) is 0 Å². The van der Waals surface area contributed by atoms with Gasteiger partial charge in [0.25, 0.3) is 0 Å². The van der Waals surface area contributed by atoms with Crippen LogP contribution in [-0.4, -0.2) is 18.8 Å². The molecule has 0 bridgehead atoms. The zero-order chi connectivity index (χ0) is 11.7. The summed E-state index contributed by atoms with van der Waals surface area (Å²) in [5, 5.41) is 2.96. The lowest BCUT2D eigenvalue weighted by Crippen LogP contribution is -2.34. The summed E-state index contributed by atoms with van der Waals surface area (Å²) in [6, 6.07) is -0.392. The van der Waals surface area contributed by atoms with E-state index in [1.807, 2.05) is 6.92 Å². The Morgan fingerprint density at radius 1 is 1.07 bits per heavy atom. The third-order valence-electron chi connectivity index (χ3n) is 2.32. The Hall–Kier alpha value is -0.250. The number of hydrogen-bond donors (Lipinski definition) is 1. The SMILES string of the molecule is CCCCCC(CC(F)(F)F)NCCC. The quantitative estimate of drug-likeness (QED) is 0.618. The van der Waals surface area contributed by atoms with Crippen LogP contribution in [0.1, 0.15) is 52.4 Å². The van der Waals surface area contributed by atoms with Crippen LogP contribution in [-0.2, 0) is 0 Å². The number of rotatable bonds is 8. The molecule has 15 heavy (non-hydrogen) atoms. The van der Waals surface area contributed by atoms with Gasteiger partial charge in [0.15, 0.2) is 0 Å². The molecule has 0 radical (unpaired) electrons. The van der Waals surface area contributed by atoms with Crippen LogP contribution in [0.25, 0.3) is 0 Å². The fraction of sp³-hybridized carbons (Fsp3) is 1.00. The predicted molar refractivity (Wildman–Crippen MR) is 56.9 cm³/mol. The molecule has 4 heteroatoms. The van der Waals surface area contributed by atoms with Crippen LogP contribution in [0.3, 0.4) is 0 Å². The number of halogens is 3. The molecule has 0 aliphatic rings. The third-order valence-corrected chi connectivity index (χ3v) is 2.32. The van der Waals surface area contributed by atoms with Gasteiger partial charge >= 0.3 is 6.18 Å². The first-order valence-electron chi connectivity index (χ1n) is 5.79. The van der Waals surface area contributed by atoms with Gasteiger partial charge in [-0.25, -0.2) is 0 Å². The number of alkyl halides is 3. The van der Waals surface area contributed by atoms with Crippen molar-refractivity contribution in [2.24, 2.45) is 0 Å². The van der Waals surface area contributed by atoms with Gasteiger partial charge in [0.2, 0.25) is 0 Å². The van der Waals surface area contributed by atoms with E-state index in [1.54, 1.807) is 0 Å². The van der Waals surface area contributed by atoms with Gasteiger partial charge in [-0.3, -0.25) is 0 Å². The normalized spacial score (nSPS) is 14.2. The van der Waals surface area contributed by atoms with Crippen LogP contribution in [0.2, 0.25) is 0 Å². The molecule has 0 saturated carbocycles. The van der Waals surface area contributed by atoms with E-state index >= 15 is 0 Å². The maximum atomic E-state index is 12.2. The Bertz CT molecular complexity index is 145. The zero-order valence-corrected chi connectivity index (χ0v) is 9.66. The molecule has 0 aromatic heterocycles. The summed E-state index contributed by atoms with van der Waals surface area (Å²) in [6.07, 6.45) is -0.285. The van der Waals surface area contributed by atoms with Gasteiger partial charge in [-0.2, -0.15) is 13.2 Å². The molecular weight excluding hydrogens is 203 g/mol. The summed E-state index contributed by atoms with van der Waals surface area (Å²) in [5.74, 6) is 0. The van der Waals surface area contributed by atoms with Crippen molar-refractivity contribution in [1.29, 1.82) is 0 Å². The molecule has 0 aromatic carbocycles. The van der Waals surface area contributed by atoms with Gasteiger partial charge < -0.3 is 5.32 Å². The highest BCUT2D eigenvalue weighted by molar-refractivity contribution is 4.70. The van der Waals surface area contributed by atoms with Gasteiger partial charge in [-0.15, -0.1) is 0 Å². The molecule has 0 heterocycles. The van der Waals surface area contributed by atoms with E-state index in [0.29, 0.717) is 13.0 Å². The van der Waals surface area contributed by atoms with Crippen molar-refractivity contribution in [2.45, 2.75) is 64.6 Å². The Labute approximate surface area is 90.4 Å². The van der Waals surface area contributed by atoms with Gasteiger partial charge in [-0.1, -0.05) is 33.1 Å². The molecule has 0 rings (SSSR count). The summed E-state index contributed by atoms with van der Waals surface area (Å²) in [6.45, 7) is 4.69. The second-order valence-corrected chi connectivity index (χ2v) is 3.97. The summed E-state index contributed by atoms with van der Waals surface area (Å²) >= 11 is 0. The van der Waals surface area contributed by atoms with E-state index in [4.69, 9.17) is 0 Å². The Morgan fingerprint density at radius 2 is 1.73 bits per heavy atom. The fourth-order valence-corrected chi connectivity index (χ4v) is 1.54. The first-order valence-corrected chi connectivity index (χ1v) is 5.79. The number of nitrogens with one attached hydrogen (secondary N) is 1. The lowest BCUT2D eigenvalue weighted by atomic mass is 10.1. The van der Waals surface area contributed by atoms with Crippen molar-refractivity contribution in [3.05, 3.63) is 0 Å². The zero-order valence-electron chi connectivity index (χ0n) is 9.66. The van der Waals surface area contributed by atoms with Crippen molar-refractivity contribution in [1.82, 2.24) is 5.32 Å². The van der Waals surface area contributed by atoms with Crippen molar-refractivity contribution >= 4 is 0 Å². The number of hydrogen-bond acceptors (Lipinski definition) is 1. The van der Waals surface area contributed by atoms with Crippen molar-refractivity contribution in [3.63, 3.8) is 0 Å². The summed E-state index contributed by atoms with van der Waals surface area (Å²) in [7, 11) is 0. The summed E-state index contributed by atoms with van der Waals surface area (Å²) in [5.41, 5.74) is 0. The van der Waals surface area contributed by atoms with Crippen molar-refractivity contribution in [3.8, 4) is 0 Å². The maximum absolute atomic E-state index is 12.2. The van der Waals surface area contributed by atoms with E-state index in [0.717, 1.165) is 25.7 Å². The minimum Gasteiger partial charge on any atom is -0.314 e. The maximum Gasteiger partial charge on any atom is 0.390 e. The molecule has 0 saturated heterocycles. The van der Waals surface area contributed by atoms with Crippen molar-refractivity contribution < 1.29 is 13.2 Å². The van der Waals surface area contributed by atoms with E-state index in [9.17, 15) is 13.2 Å². The largest absolute Gasteiger partial charge is 0.390 e. The Morgan fingerprint density at radius 3 is 2.20 bits per heavy atom. The topological polar surface area (TPSA) is 12.0 Å². The summed E-state index contributed by atoms with van der Waals surface area (Å²) < 4.78 is 36.6. The van der Waals surface area contributed by atoms with Gasteiger partial charge in [0.1, 0.15) is 0 Å². The first-order chi connectivity index (χ1) is 6.99. The molecule has 1 atom stereocenters. The molecule has 0 aliphatic heterocycles. The van der Waals surface area contributed by atoms with Crippen molar-refractivity contribution in [2.75, 3.05) is 6.54 Å². The second-order valence-electron chi connectivity index (χ2n) is 3.97. The smallest absolute Gasteiger partial charge is 0.314 e. The standard InChI is InChI=1S/C11H22F3N/c1-3-5-6-7-10(15-8-4-2)9-11(12,13)14/h10,15H,3-9H2,1-2H3. The third kappa shape index (κ3) is 10.0. The number of unbranched alkanes of at least 4 members (excludes halogenated alkanes) is 2. The van der Waals surface area contributed by atoms with E-state index < -0.39 is 18.6 Å². The Kier molecular flexibility index (Phi) is 7.83. The van der Waals surface area contributed by atoms with E-state index in [2.05, 4.69) is 12.2 Å². The van der Waals surface area contributed by atoms with Crippen LogP contribution < -0.4 is 5.32 Å². The first kappa shape index (κ1) is 14.8. The predicted octanol–water partition coefficient (Wildman–Crippen LogP) is 3.89. The highest BCUT2D eigenvalue weighted by Gasteiger charge is 2.31. The van der Waals surface area contributed by atoms with Crippen LogP contribution in [0.4, 0.5) is 13.2 Å². The lowest BCUT2D eigenvalue weighted by molar-refractivity contribution is -0.140. The molecule has 1 N–H and O–H groups in total. The molecule has 0 fully saturated rings. The van der Waals surface area contributed by atoms with Crippen LogP contribution in [0.15, 0.2) is 0 Å². The minimum atomic E-state index is -4.04. The average Bonchev–Trinajstić information content (AvgIpc) is 2.12. The van der Waals surface area contributed by atoms with E-state index in [-0.39, 0.29) is 0 Å². The van der Waals surface area contributed by atoms with Gasteiger partial charge in [-0.05, 0) is 19.4 Å². The molecule has 92 valence electrons. The highest BCUT2D eigenvalue weighted by Crippen LogP contribution is 2.23. The molecule has 0 spiro atoms. The molecule has 0 aliphatic carbocycles.